The van der Waals surface area contributed by atoms with Gasteiger partial charge in [0.25, 0.3) is 0 Å². The molecule has 1 fully saturated rings. The Balaban J connectivity index is 2.12. The van der Waals surface area contributed by atoms with Crippen LogP contribution in [0.15, 0.2) is 0 Å². The van der Waals surface area contributed by atoms with Gasteiger partial charge in [0.05, 0.1) is 0 Å². The van der Waals surface area contributed by atoms with Crippen molar-refractivity contribution >= 4 is 5.91 Å². The van der Waals surface area contributed by atoms with Gasteiger partial charge < -0.3 is 10.6 Å². The lowest BCUT2D eigenvalue weighted by atomic mass is 9.95. The molecule has 3 unspecified atom stereocenters. The summed E-state index contributed by atoms with van der Waals surface area (Å²) in [6.07, 6.45) is 4.21. The second-order valence-corrected chi connectivity index (χ2v) is 5.27. The Labute approximate surface area is 99.4 Å². The van der Waals surface area contributed by atoms with Gasteiger partial charge in [-0.15, -0.1) is 0 Å². The summed E-state index contributed by atoms with van der Waals surface area (Å²) in [5.41, 5.74) is 0. The van der Waals surface area contributed by atoms with E-state index in [-0.39, 0.29) is 5.91 Å². The zero-order valence-electron chi connectivity index (χ0n) is 10.9. The molecule has 1 rings (SSSR count). The minimum Gasteiger partial charge on any atom is -0.356 e. The molecule has 1 aliphatic rings. The van der Waals surface area contributed by atoms with Crippen LogP contribution in [0.5, 0.6) is 0 Å². The van der Waals surface area contributed by atoms with E-state index in [1.54, 1.807) is 0 Å². The second-order valence-electron chi connectivity index (χ2n) is 5.27. The summed E-state index contributed by atoms with van der Waals surface area (Å²) >= 11 is 0. The SMILES string of the molecule is CCC(C)CC(=O)NCC1CCC(C)NC1. The highest BCUT2D eigenvalue weighted by atomic mass is 16.1. The summed E-state index contributed by atoms with van der Waals surface area (Å²) in [4.78, 5) is 11.6. The summed E-state index contributed by atoms with van der Waals surface area (Å²) in [5, 5.41) is 6.51. The van der Waals surface area contributed by atoms with Gasteiger partial charge in [-0.3, -0.25) is 4.79 Å². The van der Waals surface area contributed by atoms with Crippen molar-refractivity contribution in [1.29, 1.82) is 0 Å². The van der Waals surface area contributed by atoms with E-state index in [0.717, 1.165) is 19.5 Å². The fourth-order valence-corrected chi connectivity index (χ4v) is 2.02. The van der Waals surface area contributed by atoms with E-state index < -0.39 is 0 Å². The zero-order valence-corrected chi connectivity index (χ0v) is 10.9. The third-order valence-corrected chi connectivity index (χ3v) is 3.58. The Morgan fingerprint density at radius 2 is 2.25 bits per heavy atom. The molecule has 0 aromatic carbocycles. The Kier molecular flexibility index (Phi) is 5.81. The Morgan fingerprint density at radius 3 is 2.81 bits per heavy atom. The van der Waals surface area contributed by atoms with E-state index in [9.17, 15) is 4.79 Å². The summed E-state index contributed by atoms with van der Waals surface area (Å²) in [5.74, 6) is 1.34. The molecular weight excluding hydrogens is 200 g/mol. The Morgan fingerprint density at radius 1 is 1.50 bits per heavy atom. The van der Waals surface area contributed by atoms with E-state index in [1.165, 1.54) is 12.8 Å². The first-order chi connectivity index (χ1) is 7.61. The first-order valence-electron chi connectivity index (χ1n) is 6.61. The minimum absolute atomic E-state index is 0.216. The predicted molar refractivity (Wildman–Crippen MR) is 67.3 cm³/mol. The molecule has 0 aromatic heterocycles. The number of nitrogens with one attached hydrogen (secondary N) is 2. The second kappa shape index (κ2) is 6.89. The van der Waals surface area contributed by atoms with Crippen molar-refractivity contribution in [3.05, 3.63) is 0 Å². The molecule has 0 spiro atoms. The normalized spacial score (nSPS) is 27.4. The molecule has 1 amide bonds. The molecule has 3 atom stereocenters. The van der Waals surface area contributed by atoms with Gasteiger partial charge in [-0.1, -0.05) is 20.3 Å². The van der Waals surface area contributed by atoms with Gasteiger partial charge >= 0.3 is 0 Å². The standard InChI is InChI=1S/C13H26N2O/c1-4-10(2)7-13(16)15-9-12-6-5-11(3)14-8-12/h10-12,14H,4-9H2,1-3H3,(H,15,16). The van der Waals surface area contributed by atoms with Gasteiger partial charge in [-0.2, -0.15) is 0 Å². The number of amides is 1. The van der Waals surface area contributed by atoms with Crippen molar-refractivity contribution < 1.29 is 4.79 Å². The lowest BCUT2D eigenvalue weighted by Crippen LogP contribution is -2.42. The van der Waals surface area contributed by atoms with Gasteiger partial charge in [0.1, 0.15) is 0 Å². The van der Waals surface area contributed by atoms with Gasteiger partial charge in [-0.05, 0) is 38.1 Å². The average Bonchev–Trinajstić information content (AvgIpc) is 2.28. The largest absolute Gasteiger partial charge is 0.356 e. The molecule has 1 heterocycles. The van der Waals surface area contributed by atoms with Crippen LogP contribution in [0.25, 0.3) is 0 Å². The number of rotatable bonds is 5. The van der Waals surface area contributed by atoms with Crippen LogP contribution in [0.3, 0.4) is 0 Å². The van der Waals surface area contributed by atoms with Crippen LogP contribution in [0.1, 0.15) is 46.5 Å². The minimum atomic E-state index is 0.216. The third-order valence-electron chi connectivity index (χ3n) is 3.58. The molecule has 94 valence electrons. The van der Waals surface area contributed by atoms with Crippen LogP contribution in [-0.2, 0) is 4.79 Å². The van der Waals surface area contributed by atoms with Crippen LogP contribution in [0.2, 0.25) is 0 Å². The number of carbonyl (C=O) groups is 1. The van der Waals surface area contributed by atoms with Gasteiger partial charge in [0, 0.05) is 19.0 Å². The Bertz CT molecular complexity index is 210. The maximum absolute atomic E-state index is 11.6. The monoisotopic (exact) mass is 226 g/mol. The summed E-state index contributed by atoms with van der Waals surface area (Å²) in [6, 6.07) is 0.645. The number of carbonyl (C=O) groups excluding carboxylic acids is 1. The molecule has 0 saturated carbocycles. The van der Waals surface area contributed by atoms with E-state index in [1.807, 2.05) is 0 Å². The number of piperidine rings is 1. The van der Waals surface area contributed by atoms with Crippen LogP contribution in [0, 0.1) is 11.8 Å². The smallest absolute Gasteiger partial charge is 0.220 e. The molecule has 0 bridgehead atoms. The third kappa shape index (κ3) is 4.97. The zero-order chi connectivity index (χ0) is 12.0. The van der Waals surface area contributed by atoms with Crippen molar-refractivity contribution in [3.63, 3.8) is 0 Å². The number of hydrogen-bond donors (Lipinski definition) is 2. The van der Waals surface area contributed by atoms with Crippen molar-refractivity contribution in [2.75, 3.05) is 13.1 Å². The number of hydrogen-bond acceptors (Lipinski definition) is 2. The van der Waals surface area contributed by atoms with Gasteiger partial charge in [-0.25, -0.2) is 0 Å². The fraction of sp³-hybridized carbons (Fsp3) is 0.923. The molecule has 0 aromatic rings. The molecule has 3 nitrogen and oxygen atoms in total. The highest BCUT2D eigenvalue weighted by Gasteiger charge is 2.18. The van der Waals surface area contributed by atoms with Crippen LogP contribution in [0.4, 0.5) is 0 Å². The van der Waals surface area contributed by atoms with Crippen LogP contribution in [-0.4, -0.2) is 25.0 Å². The maximum Gasteiger partial charge on any atom is 0.220 e. The molecule has 0 aliphatic carbocycles. The van der Waals surface area contributed by atoms with Gasteiger partial charge in [0.2, 0.25) is 5.91 Å². The average molecular weight is 226 g/mol. The lowest BCUT2D eigenvalue weighted by molar-refractivity contribution is -0.122. The van der Waals surface area contributed by atoms with Gasteiger partial charge in [0.15, 0.2) is 0 Å². The van der Waals surface area contributed by atoms with Crippen molar-refractivity contribution in [2.24, 2.45) is 11.8 Å². The van der Waals surface area contributed by atoms with Crippen LogP contribution >= 0.6 is 0 Å². The fourth-order valence-electron chi connectivity index (χ4n) is 2.02. The molecule has 1 saturated heterocycles. The first kappa shape index (κ1) is 13.5. The van der Waals surface area contributed by atoms with E-state index in [4.69, 9.17) is 0 Å². The highest BCUT2D eigenvalue weighted by Crippen LogP contribution is 2.13. The van der Waals surface area contributed by atoms with Crippen LogP contribution < -0.4 is 10.6 Å². The summed E-state index contributed by atoms with van der Waals surface area (Å²) < 4.78 is 0. The van der Waals surface area contributed by atoms with Crippen molar-refractivity contribution in [1.82, 2.24) is 10.6 Å². The first-order valence-corrected chi connectivity index (χ1v) is 6.61. The maximum atomic E-state index is 11.6. The molecule has 0 radical (unpaired) electrons. The summed E-state index contributed by atoms with van der Waals surface area (Å²) in [7, 11) is 0. The van der Waals surface area contributed by atoms with Crippen molar-refractivity contribution in [2.45, 2.75) is 52.5 Å². The van der Waals surface area contributed by atoms with E-state index >= 15 is 0 Å². The molecule has 16 heavy (non-hydrogen) atoms. The molecule has 2 N–H and O–H groups in total. The topological polar surface area (TPSA) is 41.1 Å². The predicted octanol–water partition coefficient (Wildman–Crippen LogP) is 1.93. The summed E-state index contributed by atoms with van der Waals surface area (Å²) in [6.45, 7) is 8.37. The molecule has 1 aliphatic heterocycles. The Hall–Kier alpha value is -0.570. The highest BCUT2D eigenvalue weighted by molar-refractivity contribution is 5.76. The lowest BCUT2D eigenvalue weighted by Gasteiger charge is -2.27. The molecular formula is C13H26N2O. The van der Waals surface area contributed by atoms with E-state index in [0.29, 0.717) is 24.3 Å². The molecule has 3 heteroatoms. The quantitative estimate of drug-likeness (QED) is 0.752. The van der Waals surface area contributed by atoms with E-state index in [2.05, 4.69) is 31.4 Å². The van der Waals surface area contributed by atoms with Crippen molar-refractivity contribution in [3.8, 4) is 0 Å².